The van der Waals surface area contributed by atoms with Gasteiger partial charge in [-0.05, 0) is 50.0 Å². The number of hydrogen-bond donors (Lipinski definition) is 3. The van der Waals surface area contributed by atoms with E-state index in [4.69, 9.17) is 5.73 Å². The summed E-state index contributed by atoms with van der Waals surface area (Å²) in [5.41, 5.74) is 5.09. The molecule has 0 radical (unpaired) electrons. The fourth-order valence-electron chi connectivity index (χ4n) is 2.98. The van der Waals surface area contributed by atoms with E-state index in [0.717, 1.165) is 36.5 Å². The summed E-state index contributed by atoms with van der Waals surface area (Å²) in [6, 6.07) is 2.84. The van der Waals surface area contributed by atoms with Gasteiger partial charge in [0.15, 0.2) is 0 Å². The minimum absolute atomic E-state index is 0.0378. The van der Waals surface area contributed by atoms with Gasteiger partial charge in [0.25, 0.3) is 0 Å². The molecular weight excluding hydrogens is 298 g/mol. The molecule has 0 spiro atoms. The van der Waals surface area contributed by atoms with Crippen LogP contribution in [0.4, 0.5) is 4.79 Å². The summed E-state index contributed by atoms with van der Waals surface area (Å²) in [4.78, 5) is 24.5. The number of thiophene rings is 1. The zero-order valence-corrected chi connectivity index (χ0v) is 14.0. The number of nitrogens with one attached hydrogen (secondary N) is 2. The van der Waals surface area contributed by atoms with Gasteiger partial charge >= 0.3 is 6.03 Å². The topological polar surface area (TPSA) is 84.2 Å². The molecule has 6 heteroatoms. The highest BCUT2D eigenvalue weighted by Crippen LogP contribution is 2.32. The van der Waals surface area contributed by atoms with Crippen molar-refractivity contribution in [3.63, 3.8) is 0 Å². The molecule has 1 aliphatic carbocycles. The van der Waals surface area contributed by atoms with Crippen molar-refractivity contribution in [3.8, 4) is 0 Å². The maximum absolute atomic E-state index is 12.4. The fourth-order valence-corrected chi connectivity index (χ4v) is 3.76. The van der Waals surface area contributed by atoms with E-state index in [1.165, 1.54) is 11.3 Å². The molecule has 22 heavy (non-hydrogen) atoms. The molecule has 5 nitrogen and oxygen atoms in total. The molecule has 1 aromatic heterocycles. The third kappa shape index (κ3) is 4.73. The summed E-state index contributed by atoms with van der Waals surface area (Å²) in [5, 5.41) is 7.74. The van der Waals surface area contributed by atoms with E-state index in [1.54, 1.807) is 0 Å². The molecule has 122 valence electrons. The Morgan fingerprint density at radius 3 is 2.68 bits per heavy atom. The summed E-state index contributed by atoms with van der Waals surface area (Å²) in [5.74, 6) is 0.699. The number of primary amides is 1. The van der Waals surface area contributed by atoms with Gasteiger partial charge < -0.3 is 16.4 Å². The van der Waals surface area contributed by atoms with Gasteiger partial charge in [0, 0.05) is 10.4 Å². The molecule has 0 saturated heterocycles. The number of amides is 3. The van der Waals surface area contributed by atoms with Gasteiger partial charge in [0.05, 0.1) is 12.5 Å². The zero-order chi connectivity index (χ0) is 16.2. The monoisotopic (exact) mass is 323 g/mol. The first-order chi connectivity index (χ1) is 10.4. The minimum atomic E-state index is -0.607. The van der Waals surface area contributed by atoms with E-state index in [0.29, 0.717) is 0 Å². The number of carbonyl (C=O) groups excluding carboxylic acids is 2. The van der Waals surface area contributed by atoms with Crippen molar-refractivity contribution >= 4 is 23.3 Å². The Bertz CT molecular complexity index is 507. The molecule has 0 aliphatic heterocycles. The number of hydrogen-bond acceptors (Lipinski definition) is 3. The van der Waals surface area contributed by atoms with E-state index in [-0.39, 0.29) is 23.9 Å². The standard InChI is InChI=1S/C16H25N3O2S/c1-11-5-7-16(2,8-6-11)19-14(20)10-12(18-15(17)21)13-4-3-9-22-13/h3-4,9,11-12H,5-8,10H2,1-2H3,(H,19,20)(H3,17,18,21)/t11?,12-,16?/m0/s1. The van der Waals surface area contributed by atoms with Crippen LogP contribution in [0.5, 0.6) is 0 Å². The predicted octanol–water partition coefficient (Wildman–Crippen LogP) is 2.93. The molecule has 1 saturated carbocycles. The molecular formula is C16H25N3O2S. The van der Waals surface area contributed by atoms with E-state index in [1.807, 2.05) is 17.5 Å². The highest BCUT2D eigenvalue weighted by Gasteiger charge is 2.31. The summed E-state index contributed by atoms with van der Waals surface area (Å²) >= 11 is 1.51. The van der Waals surface area contributed by atoms with Gasteiger partial charge in [-0.15, -0.1) is 11.3 Å². The Morgan fingerprint density at radius 2 is 2.14 bits per heavy atom. The molecule has 1 aromatic rings. The first-order valence-corrected chi connectivity index (χ1v) is 8.66. The van der Waals surface area contributed by atoms with E-state index >= 15 is 0 Å². The molecule has 0 bridgehead atoms. The largest absolute Gasteiger partial charge is 0.352 e. The van der Waals surface area contributed by atoms with Crippen LogP contribution in [0.25, 0.3) is 0 Å². The second kappa shape index (κ2) is 7.13. The molecule has 0 aromatic carbocycles. The van der Waals surface area contributed by atoms with Crippen molar-refractivity contribution in [1.29, 1.82) is 0 Å². The van der Waals surface area contributed by atoms with Crippen LogP contribution >= 0.6 is 11.3 Å². The Morgan fingerprint density at radius 1 is 1.45 bits per heavy atom. The van der Waals surface area contributed by atoms with Crippen molar-refractivity contribution in [1.82, 2.24) is 10.6 Å². The maximum Gasteiger partial charge on any atom is 0.312 e. The van der Waals surface area contributed by atoms with Crippen LogP contribution in [0.2, 0.25) is 0 Å². The summed E-state index contributed by atoms with van der Waals surface area (Å²) in [6.07, 6.45) is 4.52. The zero-order valence-electron chi connectivity index (χ0n) is 13.2. The van der Waals surface area contributed by atoms with Crippen LogP contribution < -0.4 is 16.4 Å². The minimum Gasteiger partial charge on any atom is -0.352 e. The van der Waals surface area contributed by atoms with Gasteiger partial charge in [0.2, 0.25) is 5.91 Å². The summed E-state index contributed by atoms with van der Waals surface area (Å²) in [7, 11) is 0. The highest BCUT2D eigenvalue weighted by atomic mass is 32.1. The maximum atomic E-state index is 12.4. The molecule has 3 amide bonds. The number of carbonyl (C=O) groups is 2. The third-order valence-corrected chi connectivity index (χ3v) is 5.40. The lowest BCUT2D eigenvalue weighted by Gasteiger charge is -2.37. The second-order valence-electron chi connectivity index (χ2n) is 6.57. The Hall–Kier alpha value is -1.56. The lowest BCUT2D eigenvalue weighted by molar-refractivity contribution is -0.123. The van der Waals surface area contributed by atoms with Gasteiger partial charge in [0.1, 0.15) is 0 Å². The lowest BCUT2D eigenvalue weighted by Crippen LogP contribution is -2.49. The van der Waals surface area contributed by atoms with Gasteiger partial charge in [-0.25, -0.2) is 4.79 Å². The van der Waals surface area contributed by atoms with Crippen LogP contribution in [-0.4, -0.2) is 17.5 Å². The average molecular weight is 323 g/mol. The molecule has 2 rings (SSSR count). The summed E-state index contributed by atoms with van der Waals surface area (Å²) in [6.45, 7) is 4.36. The smallest absolute Gasteiger partial charge is 0.312 e. The van der Waals surface area contributed by atoms with Crippen LogP contribution in [0.15, 0.2) is 17.5 Å². The van der Waals surface area contributed by atoms with Crippen molar-refractivity contribution in [3.05, 3.63) is 22.4 Å². The Labute approximate surface area is 135 Å². The van der Waals surface area contributed by atoms with Crippen LogP contribution in [0, 0.1) is 5.92 Å². The van der Waals surface area contributed by atoms with Crippen LogP contribution in [0.1, 0.15) is 56.9 Å². The molecule has 0 unspecified atom stereocenters. The fraction of sp³-hybridized carbons (Fsp3) is 0.625. The molecule has 4 N–H and O–H groups in total. The molecule has 1 heterocycles. The van der Waals surface area contributed by atoms with E-state index < -0.39 is 6.03 Å². The van der Waals surface area contributed by atoms with Crippen LogP contribution in [-0.2, 0) is 4.79 Å². The lowest BCUT2D eigenvalue weighted by atomic mass is 9.78. The first kappa shape index (κ1) is 16.8. The summed E-state index contributed by atoms with van der Waals surface area (Å²) < 4.78 is 0. The van der Waals surface area contributed by atoms with Gasteiger partial charge in [-0.3, -0.25) is 4.79 Å². The van der Waals surface area contributed by atoms with Crippen molar-refractivity contribution in [2.75, 3.05) is 0 Å². The van der Waals surface area contributed by atoms with E-state index in [2.05, 4.69) is 24.5 Å². The second-order valence-corrected chi connectivity index (χ2v) is 7.55. The number of nitrogens with two attached hydrogens (primary N) is 1. The van der Waals surface area contributed by atoms with Crippen molar-refractivity contribution in [2.24, 2.45) is 11.7 Å². The van der Waals surface area contributed by atoms with Crippen molar-refractivity contribution < 1.29 is 9.59 Å². The van der Waals surface area contributed by atoms with Crippen LogP contribution in [0.3, 0.4) is 0 Å². The predicted molar refractivity (Wildman–Crippen MR) is 88.6 cm³/mol. The molecule has 1 fully saturated rings. The molecule has 1 aliphatic rings. The average Bonchev–Trinajstić information content (AvgIpc) is 2.95. The van der Waals surface area contributed by atoms with Gasteiger partial charge in [-0.2, -0.15) is 0 Å². The van der Waals surface area contributed by atoms with Crippen molar-refractivity contribution in [2.45, 2.75) is 57.5 Å². The SMILES string of the molecule is CC1CCC(C)(NC(=O)C[C@H](NC(N)=O)c2cccs2)CC1. The highest BCUT2D eigenvalue weighted by molar-refractivity contribution is 7.10. The number of urea groups is 1. The Balaban J connectivity index is 1.95. The molecule has 1 atom stereocenters. The van der Waals surface area contributed by atoms with Gasteiger partial charge in [-0.1, -0.05) is 13.0 Å². The quantitative estimate of drug-likeness (QED) is 0.778. The normalized spacial score (nSPS) is 26.2. The Kier molecular flexibility index (Phi) is 5.45. The third-order valence-electron chi connectivity index (χ3n) is 4.41. The first-order valence-electron chi connectivity index (χ1n) is 7.78. The van der Waals surface area contributed by atoms with E-state index in [9.17, 15) is 9.59 Å². The number of rotatable bonds is 5.